The van der Waals surface area contributed by atoms with E-state index in [0.717, 1.165) is 35.3 Å². The Hall–Kier alpha value is -2.57. The van der Waals surface area contributed by atoms with Crippen molar-refractivity contribution in [3.63, 3.8) is 0 Å². The lowest BCUT2D eigenvalue weighted by molar-refractivity contribution is -0.143. The van der Waals surface area contributed by atoms with Crippen LogP contribution in [-0.2, 0) is 16.1 Å². The minimum Gasteiger partial charge on any atom is -0.263 e. The highest BCUT2D eigenvalue weighted by Crippen LogP contribution is 2.22. The molecule has 0 N–H and O–H groups in total. The summed E-state index contributed by atoms with van der Waals surface area (Å²) >= 11 is 0. The van der Waals surface area contributed by atoms with Crippen molar-refractivity contribution in [3.05, 3.63) is 41.5 Å². The number of amides is 4. The fraction of sp³-hybridized carbons (Fsp3) is 0.412. The summed E-state index contributed by atoms with van der Waals surface area (Å²) < 4.78 is 12.9. The van der Waals surface area contributed by atoms with Crippen molar-refractivity contribution in [3.8, 4) is 0 Å². The Bertz CT molecular complexity index is 700. The molecule has 0 radical (unpaired) electrons. The van der Waals surface area contributed by atoms with Crippen LogP contribution in [0.3, 0.4) is 0 Å². The van der Waals surface area contributed by atoms with E-state index in [1.807, 2.05) is 0 Å². The lowest BCUT2D eigenvalue weighted by Gasteiger charge is -2.17. The Kier molecular flexibility index (Phi) is 4.69. The largest absolute Gasteiger partial charge is 0.334 e. The maximum absolute atomic E-state index is 12.9. The quantitative estimate of drug-likeness (QED) is 0.472. The van der Waals surface area contributed by atoms with Crippen molar-refractivity contribution in [1.29, 1.82) is 0 Å². The minimum absolute atomic E-state index is 0.136. The summed E-state index contributed by atoms with van der Waals surface area (Å²) in [7, 11) is 0. The van der Waals surface area contributed by atoms with Crippen molar-refractivity contribution in [2.75, 3.05) is 6.54 Å². The number of carbonyl (C=O) groups is 3. The number of urea groups is 1. The highest BCUT2D eigenvalue weighted by Gasteiger charge is 2.44. The Morgan fingerprint density at radius 2 is 1.88 bits per heavy atom. The molecule has 0 bridgehead atoms. The van der Waals surface area contributed by atoms with Crippen molar-refractivity contribution < 1.29 is 18.8 Å². The van der Waals surface area contributed by atoms with E-state index in [1.54, 1.807) is 0 Å². The molecule has 2 heterocycles. The van der Waals surface area contributed by atoms with Crippen LogP contribution < -0.4 is 0 Å². The van der Waals surface area contributed by atoms with E-state index in [-0.39, 0.29) is 13.1 Å². The first-order valence-electron chi connectivity index (χ1n) is 8.02. The molecule has 1 fully saturated rings. The maximum atomic E-state index is 12.9. The molecule has 4 amide bonds. The molecule has 1 aliphatic heterocycles. The Morgan fingerprint density at radius 3 is 2.54 bits per heavy atom. The van der Waals surface area contributed by atoms with Crippen LogP contribution in [0.4, 0.5) is 9.18 Å². The highest BCUT2D eigenvalue weighted by molar-refractivity contribution is 6.44. The molecule has 2 aliphatic rings. The molecule has 126 valence electrons. The van der Waals surface area contributed by atoms with Gasteiger partial charge < -0.3 is 0 Å². The van der Waals surface area contributed by atoms with E-state index in [0.29, 0.717) is 12.1 Å². The van der Waals surface area contributed by atoms with Crippen molar-refractivity contribution in [2.24, 2.45) is 0 Å². The zero-order valence-electron chi connectivity index (χ0n) is 13.2. The van der Waals surface area contributed by atoms with Gasteiger partial charge in [0.25, 0.3) is 0 Å². The van der Waals surface area contributed by atoms with Crippen LogP contribution in [0.1, 0.15) is 37.8 Å². The number of carbonyl (C=O) groups excluding carboxylic acids is 3. The van der Waals surface area contributed by atoms with Crippen LogP contribution in [0.5, 0.6) is 0 Å². The number of halogens is 1. The molecular weight excluding hydrogens is 313 g/mol. The van der Waals surface area contributed by atoms with Crippen LogP contribution in [0.25, 0.3) is 0 Å². The zero-order valence-corrected chi connectivity index (χ0v) is 13.2. The first-order valence-corrected chi connectivity index (χ1v) is 8.02. The van der Waals surface area contributed by atoms with Gasteiger partial charge in [0.2, 0.25) is 0 Å². The molecule has 0 saturated carbocycles. The van der Waals surface area contributed by atoms with E-state index < -0.39 is 23.7 Å². The Balaban J connectivity index is 1.66. The van der Waals surface area contributed by atoms with Crippen molar-refractivity contribution >= 4 is 17.8 Å². The molecule has 1 aromatic rings. The van der Waals surface area contributed by atoms with Gasteiger partial charge in [-0.15, -0.1) is 0 Å². The molecule has 0 unspecified atom stereocenters. The zero-order chi connectivity index (χ0) is 17.1. The molecule has 1 saturated heterocycles. The molecule has 1 aliphatic carbocycles. The second-order valence-corrected chi connectivity index (χ2v) is 5.96. The average molecular weight is 331 g/mol. The van der Waals surface area contributed by atoms with Crippen LogP contribution >= 0.6 is 0 Å². The summed E-state index contributed by atoms with van der Waals surface area (Å²) in [5.74, 6) is -2.17. The minimum atomic E-state index is -0.858. The average Bonchev–Trinajstić information content (AvgIpc) is 2.79. The van der Waals surface area contributed by atoms with Gasteiger partial charge in [-0.25, -0.2) is 14.1 Å². The molecule has 24 heavy (non-hydrogen) atoms. The number of pyridine rings is 1. The third kappa shape index (κ3) is 3.34. The van der Waals surface area contributed by atoms with Gasteiger partial charge in [-0.05, 0) is 44.2 Å². The summed E-state index contributed by atoms with van der Waals surface area (Å²) in [6, 6.07) is 1.95. The lowest BCUT2D eigenvalue weighted by atomic mass is 9.97. The summed E-state index contributed by atoms with van der Waals surface area (Å²) in [5, 5.41) is 0. The number of rotatable bonds is 5. The number of imide groups is 2. The fourth-order valence-corrected chi connectivity index (χ4v) is 2.94. The van der Waals surface area contributed by atoms with E-state index >= 15 is 0 Å². The molecule has 7 heteroatoms. The van der Waals surface area contributed by atoms with Gasteiger partial charge >= 0.3 is 17.8 Å². The Labute approximate surface area is 138 Å². The highest BCUT2D eigenvalue weighted by atomic mass is 19.1. The van der Waals surface area contributed by atoms with E-state index in [9.17, 15) is 18.8 Å². The van der Waals surface area contributed by atoms with Gasteiger partial charge in [0.05, 0.1) is 18.4 Å². The number of hydrogen-bond acceptors (Lipinski definition) is 4. The molecular formula is C17H18FN3O3. The summed E-state index contributed by atoms with van der Waals surface area (Å²) in [6.07, 6.45) is 8.06. The molecule has 1 aromatic heterocycles. The predicted molar refractivity (Wildman–Crippen MR) is 83.0 cm³/mol. The number of aromatic nitrogens is 1. The monoisotopic (exact) mass is 331 g/mol. The van der Waals surface area contributed by atoms with Crippen LogP contribution in [-0.4, -0.2) is 39.2 Å². The number of nitrogens with zero attached hydrogens (tertiary/aromatic N) is 3. The molecule has 3 rings (SSSR count). The van der Waals surface area contributed by atoms with E-state index in [4.69, 9.17) is 0 Å². The molecule has 0 spiro atoms. The first kappa shape index (κ1) is 16.3. The smallest absolute Gasteiger partial charge is 0.263 e. The summed E-state index contributed by atoms with van der Waals surface area (Å²) in [6.45, 7) is 0.0749. The van der Waals surface area contributed by atoms with Crippen molar-refractivity contribution in [2.45, 2.75) is 38.6 Å². The molecule has 6 nitrogen and oxygen atoms in total. The first-order chi connectivity index (χ1) is 11.6. The summed E-state index contributed by atoms with van der Waals surface area (Å²) in [4.78, 5) is 42.1. The SMILES string of the molecule is O=C1C(=O)N(Cc2ccc(F)cn2)C(=O)N1CCC1=CCCCC1. The topological polar surface area (TPSA) is 70.6 Å². The number of hydrogen-bond donors (Lipinski definition) is 0. The van der Waals surface area contributed by atoms with Crippen LogP contribution in [0.2, 0.25) is 0 Å². The van der Waals surface area contributed by atoms with E-state index in [2.05, 4.69) is 11.1 Å². The second kappa shape index (κ2) is 6.90. The van der Waals surface area contributed by atoms with Gasteiger partial charge in [0.15, 0.2) is 0 Å². The normalized spacial score (nSPS) is 18.4. The van der Waals surface area contributed by atoms with Gasteiger partial charge in [0.1, 0.15) is 5.82 Å². The molecule has 0 atom stereocenters. The number of allylic oxidation sites excluding steroid dienone is 1. The molecule has 0 aromatic carbocycles. The van der Waals surface area contributed by atoms with Crippen molar-refractivity contribution in [1.82, 2.24) is 14.8 Å². The third-order valence-electron chi connectivity index (χ3n) is 4.29. The fourth-order valence-electron chi connectivity index (χ4n) is 2.94. The van der Waals surface area contributed by atoms with Gasteiger partial charge in [-0.2, -0.15) is 0 Å². The van der Waals surface area contributed by atoms with Gasteiger partial charge in [-0.3, -0.25) is 19.5 Å². The second-order valence-electron chi connectivity index (χ2n) is 5.96. The standard InChI is InChI=1S/C17H18FN3O3/c18-13-6-7-14(19-10-13)11-21-16(23)15(22)20(17(21)24)9-8-12-4-2-1-3-5-12/h4,6-7,10H,1-3,5,8-9,11H2. The Morgan fingerprint density at radius 1 is 1.08 bits per heavy atom. The predicted octanol–water partition coefficient (Wildman–Crippen LogP) is 2.40. The summed E-state index contributed by atoms with van der Waals surface area (Å²) in [5.41, 5.74) is 1.58. The van der Waals surface area contributed by atoms with Gasteiger partial charge in [0, 0.05) is 6.54 Å². The van der Waals surface area contributed by atoms with Gasteiger partial charge in [-0.1, -0.05) is 11.6 Å². The van der Waals surface area contributed by atoms with Crippen LogP contribution in [0.15, 0.2) is 30.0 Å². The lowest BCUT2D eigenvalue weighted by Crippen LogP contribution is -2.34. The maximum Gasteiger partial charge on any atom is 0.334 e. The van der Waals surface area contributed by atoms with E-state index in [1.165, 1.54) is 24.1 Å². The van der Waals surface area contributed by atoms with Crippen LogP contribution in [0, 0.1) is 5.82 Å². The third-order valence-corrected chi connectivity index (χ3v) is 4.29.